The molecule has 0 fully saturated rings. The molecule has 0 saturated carbocycles. The van der Waals surface area contributed by atoms with Gasteiger partial charge in [-0.1, -0.05) is 19.4 Å². The van der Waals surface area contributed by atoms with E-state index in [1.807, 2.05) is 18.2 Å². The number of nitrogens with two attached hydrogens (primary N) is 1. The van der Waals surface area contributed by atoms with Gasteiger partial charge < -0.3 is 10.7 Å². The van der Waals surface area contributed by atoms with E-state index in [0.29, 0.717) is 0 Å². The summed E-state index contributed by atoms with van der Waals surface area (Å²) in [5.41, 5.74) is 7.79. The van der Waals surface area contributed by atoms with E-state index in [0.717, 1.165) is 30.1 Å². The van der Waals surface area contributed by atoms with Gasteiger partial charge >= 0.3 is 0 Å². The molecular formula is C12H16N4. The minimum Gasteiger partial charge on any atom is -0.339 e. The van der Waals surface area contributed by atoms with Crippen molar-refractivity contribution in [3.8, 4) is 11.4 Å². The number of H-pyrrole nitrogens is 1. The van der Waals surface area contributed by atoms with Crippen LogP contribution < -0.4 is 5.73 Å². The lowest BCUT2D eigenvalue weighted by atomic mass is 10.2. The Morgan fingerprint density at radius 2 is 2.25 bits per heavy atom. The zero-order valence-corrected chi connectivity index (χ0v) is 9.35. The minimum absolute atomic E-state index is 0.0116. The van der Waals surface area contributed by atoms with Crippen LogP contribution in [0.4, 0.5) is 0 Å². The number of aromatic nitrogens is 3. The average Bonchev–Trinajstić information content (AvgIpc) is 2.80. The lowest BCUT2D eigenvalue weighted by molar-refractivity contribution is 0.609. The smallest absolute Gasteiger partial charge is 0.123 e. The SMILES string of the molecule is CCCC(N)c1ncc(-c2ccccn2)[nH]1. The molecule has 1 unspecified atom stereocenters. The Labute approximate surface area is 94.9 Å². The van der Waals surface area contributed by atoms with Crippen molar-refractivity contribution >= 4 is 0 Å². The van der Waals surface area contributed by atoms with E-state index in [1.165, 1.54) is 0 Å². The largest absolute Gasteiger partial charge is 0.339 e. The van der Waals surface area contributed by atoms with Gasteiger partial charge in [-0.3, -0.25) is 4.98 Å². The van der Waals surface area contributed by atoms with E-state index >= 15 is 0 Å². The molecule has 0 saturated heterocycles. The first kappa shape index (κ1) is 10.8. The maximum atomic E-state index is 5.98. The number of aromatic amines is 1. The fourth-order valence-electron chi connectivity index (χ4n) is 1.63. The van der Waals surface area contributed by atoms with Crippen LogP contribution in [0.5, 0.6) is 0 Å². The van der Waals surface area contributed by atoms with Crippen LogP contribution in [0.25, 0.3) is 11.4 Å². The first-order chi connectivity index (χ1) is 7.81. The van der Waals surface area contributed by atoms with Crippen LogP contribution in [-0.4, -0.2) is 15.0 Å². The first-order valence-electron chi connectivity index (χ1n) is 5.53. The number of nitrogens with zero attached hydrogens (tertiary/aromatic N) is 2. The van der Waals surface area contributed by atoms with E-state index in [9.17, 15) is 0 Å². The van der Waals surface area contributed by atoms with Crippen LogP contribution in [0.3, 0.4) is 0 Å². The summed E-state index contributed by atoms with van der Waals surface area (Å²) in [7, 11) is 0. The Hall–Kier alpha value is -1.68. The van der Waals surface area contributed by atoms with Crippen molar-refractivity contribution in [1.29, 1.82) is 0 Å². The summed E-state index contributed by atoms with van der Waals surface area (Å²) in [5.74, 6) is 0.836. The monoisotopic (exact) mass is 216 g/mol. The predicted molar refractivity (Wildman–Crippen MR) is 63.7 cm³/mol. The number of imidazole rings is 1. The molecule has 0 bridgehead atoms. The predicted octanol–water partition coefficient (Wildman–Crippen LogP) is 2.27. The Morgan fingerprint density at radius 3 is 2.94 bits per heavy atom. The van der Waals surface area contributed by atoms with Gasteiger partial charge in [0.15, 0.2) is 0 Å². The van der Waals surface area contributed by atoms with Crippen molar-refractivity contribution in [2.75, 3.05) is 0 Å². The lowest BCUT2D eigenvalue weighted by Crippen LogP contribution is -2.11. The molecule has 0 aliphatic heterocycles. The molecule has 84 valence electrons. The Balaban J connectivity index is 2.20. The zero-order valence-electron chi connectivity index (χ0n) is 9.35. The molecule has 3 N–H and O–H groups in total. The van der Waals surface area contributed by atoms with Crippen molar-refractivity contribution in [3.63, 3.8) is 0 Å². The molecular weight excluding hydrogens is 200 g/mol. The fraction of sp³-hybridized carbons (Fsp3) is 0.333. The van der Waals surface area contributed by atoms with Crippen molar-refractivity contribution < 1.29 is 0 Å². The molecule has 4 nitrogen and oxygen atoms in total. The topological polar surface area (TPSA) is 67.6 Å². The highest BCUT2D eigenvalue weighted by Crippen LogP contribution is 2.17. The fourth-order valence-corrected chi connectivity index (χ4v) is 1.63. The van der Waals surface area contributed by atoms with Crippen molar-refractivity contribution in [1.82, 2.24) is 15.0 Å². The Bertz CT molecular complexity index is 435. The van der Waals surface area contributed by atoms with Gasteiger partial charge in [0.1, 0.15) is 5.82 Å². The first-order valence-corrected chi connectivity index (χ1v) is 5.53. The molecule has 1 atom stereocenters. The molecule has 0 radical (unpaired) electrons. The highest BCUT2D eigenvalue weighted by atomic mass is 15.0. The minimum atomic E-state index is -0.0116. The third-order valence-electron chi connectivity index (χ3n) is 2.49. The van der Waals surface area contributed by atoms with Crippen molar-refractivity contribution in [2.45, 2.75) is 25.8 Å². The van der Waals surface area contributed by atoms with Crippen LogP contribution >= 0.6 is 0 Å². The molecule has 0 spiro atoms. The third kappa shape index (κ3) is 2.28. The van der Waals surface area contributed by atoms with Crippen molar-refractivity contribution in [3.05, 3.63) is 36.4 Å². The van der Waals surface area contributed by atoms with E-state index in [-0.39, 0.29) is 6.04 Å². The van der Waals surface area contributed by atoms with Gasteiger partial charge in [-0.05, 0) is 18.6 Å². The number of hydrogen-bond donors (Lipinski definition) is 2. The normalized spacial score (nSPS) is 12.6. The van der Waals surface area contributed by atoms with E-state index < -0.39 is 0 Å². The average molecular weight is 216 g/mol. The number of rotatable bonds is 4. The van der Waals surface area contributed by atoms with E-state index in [2.05, 4.69) is 21.9 Å². The lowest BCUT2D eigenvalue weighted by Gasteiger charge is -2.05. The molecule has 16 heavy (non-hydrogen) atoms. The summed E-state index contributed by atoms with van der Waals surface area (Å²) in [6.07, 6.45) is 5.55. The number of nitrogens with one attached hydrogen (secondary N) is 1. The Morgan fingerprint density at radius 1 is 1.38 bits per heavy atom. The van der Waals surface area contributed by atoms with Crippen LogP contribution in [0, 0.1) is 0 Å². The second-order valence-corrected chi connectivity index (χ2v) is 3.79. The molecule has 0 amide bonds. The van der Waals surface area contributed by atoms with Crippen LogP contribution in [0.15, 0.2) is 30.6 Å². The quantitative estimate of drug-likeness (QED) is 0.823. The van der Waals surface area contributed by atoms with Crippen LogP contribution in [-0.2, 0) is 0 Å². The Kier molecular flexibility index (Phi) is 3.31. The summed E-state index contributed by atoms with van der Waals surface area (Å²) >= 11 is 0. The van der Waals surface area contributed by atoms with Gasteiger partial charge in [-0.25, -0.2) is 4.98 Å². The van der Waals surface area contributed by atoms with Gasteiger partial charge in [0.05, 0.1) is 23.6 Å². The molecule has 0 aromatic carbocycles. The maximum absolute atomic E-state index is 5.98. The second kappa shape index (κ2) is 4.90. The third-order valence-corrected chi connectivity index (χ3v) is 2.49. The molecule has 2 aromatic rings. The molecule has 4 heteroatoms. The van der Waals surface area contributed by atoms with Gasteiger partial charge in [-0.2, -0.15) is 0 Å². The summed E-state index contributed by atoms with van der Waals surface area (Å²) in [4.78, 5) is 11.8. The highest BCUT2D eigenvalue weighted by molar-refractivity contribution is 5.52. The zero-order chi connectivity index (χ0) is 11.4. The molecule has 2 rings (SSSR count). The van der Waals surface area contributed by atoms with E-state index in [1.54, 1.807) is 12.4 Å². The second-order valence-electron chi connectivity index (χ2n) is 3.79. The molecule has 0 aliphatic carbocycles. The summed E-state index contributed by atoms with van der Waals surface area (Å²) in [5, 5.41) is 0. The number of hydrogen-bond acceptors (Lipinski definition) is 3. The standard InChI is InChI=1S/C12H16N4/c1-2-5-9(13)12-15-8-11(16-12)10-6-3-4-7-14-10/h3-4,6-9H,2,5,13H2,1H3,(H,15,16). The van der Waals surface area contributed by atoms with E-state index in [4.69, 9.17) is 5.73 Å². The van der Waals surface area contributed by atoms with Crippen LogP contribution in [0.2, 0.25) is 0 Å². The summed E-state index contributed by atoms with van der Waals surface area (Å²) in [6, 6.07) is 5.78. The van der Waals surface area contributed by atoms with Gasteiger partial charge in [0.2, 0.25) is 0 Å². The number of pyridine rings is 1. The summed E-state index contributed by atoms with van der Waals surface area (Å²) in [6.45, 7) is 2.11. The maximum Gasteiger partial charge on any atom is 0.123 e. The van der Waals surface area contributed by atoms with Gasteiger partial charge in [-0.15, -0.1) is 0 Å². The molecule has 2 aromatic heterocycles. The van der Waals surface area contributed by atoms with Gasteiger partial charge in [0.25, 0.3) is 0 Å². The van der Waals surface area contributed by atoms with Gasteiger partial charge in [0, 0.05) is 6.20 Å². The molecule has 2 heterocycles. The molecule has 0 aliphatic rings. The van der Waals surface area contributed by atoms with Crippen molar-refractivity contribution in [2.24, 2.45) is 5.73 Å². The van der Waals surface area contributed by atoms with Crippen LogP contribution in [0.1, 0.15) is 31.6 Å². The summed E-state index contributed by atoms with van der Waals surface area (Å²) < 4.78 is 0. The highest BCUT2D eigenvalue weighted by Gasteiger charge is 2.10.